The molecule has 0 amide bonds. The first-order valence-electron chi connectivity index (χ1n) is 6.92. The zero-order valence-corrected chi connectivity index (χ0v) is 11.6. The molecule has 0 aromatic heterocycles. The van der Waals surface area contributed by atoms with E-state index in [9.17, 15) is 4.79 Å². The van der Waals surface area contributed by atoms with Crippen LogP contribution in [0, 0.1) is 11.3 Å². The Labute approximate surface area is 105 Å². The van der Waals surface area contributed by atoms with Crippen molar-refractivity contribution in [1.82, 2.24) is 5.32 Å². The van der Waals surface area contributed by atoms with E-state index in [-0.39, 0.29) is 11.4 Å². The van der Waals surface area contributed by atoms with Gasteiger partial charge in [-0.3, -0.25) is 4.79 Å². The van der Waals surface area contributed by atoms with Gasteiger partial charge in [-0.1, -0.05) is 33.1 Å². The SMILES string of the molecule is CCOC(=O)CNCC(C)(C)C1CCCCC1. The minimum absolute atomic E-state index is 0.146. The second-order valence-electron chi connectivity index (χ2n) is 5.73. The molecular formula is C14H27NO2. The van der Waals surface area contributed by atoms with Crippen molar-refractivity contribution in [2.24, 2.45) is 11.3 Å². The van der Waals surface area contributed by atoms with E-state index in [4.69, 9.17) is 4.74 Å². The first-order valence-corrected chi connectivity index (χ1v) is 6.92. The van der Waals surface area contributed by atoms with Gasteiger partial charge in [0.15, 0.2) is 0 Å². The zero-order valence-electron chi connectivity index (χ0n) is 11.6. The maximum Gasteiger partial charge on any atom is 0.319 e. The third-order valence-electron chi connectivity index (χ3n) is 3.87. The predicted octanol–water partition coefficient (Wildman–Crippen LogP) is 2.75. The van der Waals surface area contributed by atoms with Crippen molar-refractivity contribution < 1.29 is 9.53 Å². The summed E-state index contributed by atoms with van der Waals surface area (Å²) >= 11 is 0. The van der Waals surface area contributed by atoms with Crippen LogP contribution in [0.3, 0.4) is 0 Å². The molecule has 0 heterocycles. The van der Waals surface area contributed by atoms with E-state index in [1.807, 2.05) is 6.92 Å². The lowest BCUT2D eigenvalue weighted by Gasteiger charge is -2.37. The molecular weight excluding hydrogens is 214 g/mol. The van der Waals surface area contributed by atoms with Gasteiger partial charge in [-0.25, -0.2) is 0 Å². The summed E-state index contributed by atoms with van der Waals surface area (Å²) in [4.78, 5) is 11.2. The number of hydrogen-bond acceptors (Lipinski definition) is 3. The Kier molecular flexibility index (Phi) is 5.96. The Morgan fingerprint density at radius 2 is 1.94 bits per heavy atom. The smallest absolute Gasteiger partial charge is 0.319 e. The number of rotatable bonds is 6. The summed E-state index contributed by atoms with van der Waals surface area (Å²) in [6, 6.07) is 0. The van der Waals surface area contributed by atoms with Gasteiger partial charge in [-0.05, 0) is 31.1 Å². The standard InChI is InChI=1S/C14H27NO2/c1-4-17-13(16)10-15-11-14(2,3)12-8-6-5-7-9-12/h12,15H,4-11H2,1-3H3. The molecule has 3 heteroatoms. The average molecular weight is 241 g/mol. The van der Waals surface area contributed by atoms with Crippen LogP contribution in [0.4, 0.5) is 0 Å². The topological polar surface area (TPSA) is 38.3 Å². The van der Waals surface area contributed by atoms with E-state index in [0.717, 1.165) is 12.5 Å². The van der Waals surface area contributed by atoms with Gasteiger partial charge in [0, 0.05) is 6.54 Å². The second-order valence-corrected chi connectivity index (χ2v) is 5.73. The molecule has 1 aliphatic carbocycles. The molecule has 0 radical (unpaired) electrons. The van der Waals surface area contributed by atoms with Crippen LogP contribution >= 0.6 is 0 Å². The van der Waals surface area contributed by atoms with Gasteiger partial charge in [-0.15, -0.1) is 0 Å². The predicted molar refractivity (Wildman–Crippen MR) is 69.9 cm³/mol. The normalized spacial score (nSPS) is 18.1. The lowest BCUT2D eigenvalue weighted by atomic mass is 9.71. The van der Waals surface area contributed by atoms with Gasteiger partial charge in [0.05, 0.1) is 13.2 Å². The minimum atomic E-state index is -0.146. The Morgan fingerprint density at radius 3 is 2.53 bits per heavy atom. The zero-order chi connectivity index (χ0) is 12.7. The quantitative estimate of drug-likeness (QED) is 0.727. The van der Waals surface area contributed by atoms with Crippen molar-refractivity contribution in [1.29, 1.82) is 0 Å². The maximum absolute atomic E-state index is 11.2. The lowest BCUT2D eigenvalue weighted by molar-refractivity contribution is -0.142. The minimum Gasteiger partial charge on any atom is -0.465 e. The molecule has 1 rings (SSSR count). The first kappa shape index (κ1) is 14.5. The van der Waals surface area contributed by atoms with Crippen LogP contribution in [0.1, 0.15) is 52.9 Å². The van der Waals surface area contributed by atoms with Gasteiger partial charge in [0.1, 0.15) is 0 Å². The molecule has 0 atom stereocenters. The highest BCUT2D eigenvalue weighted by Crippen LogP contribution is 2.37. The van der Waals surface area contributed by atoms with Crippen molar-refractivity contribution in [2.75, 3.05) is 19.7 Å². The highest BCUT2D eigenvalue weighted by molar-refractivity contribution is 5.71. The van der Waals surface area contributed by atoms with Crippen LogP contribution in [-0.4, -0.2) is 25.7 Å². The lowest BCUT2D eigenvalue weighted by Crippen LogP contribution is -2.39. The summed E-state index contributed by atoms with van der Waals surface area (Å²) in [5.41, 5.74) is 0.285. The largest absolute Gasteiger partial charge is 0.465 e. The summed E-state index contributed by atoms with van der Waals surface area (Å²) in [5.74, 6) is 0.651. The molecule has 1 N–H and O–H groups in total. The summed E-state index contributed by atoms with van der Waals surface area (Å²) < 4.78 is 4.90. The van der Waals surface area contributed by atoms with Crippen LogP contribution in [0.15, 0.2) is 0 Å². The van der Waals surface area contributed by atoms with Crippen LogP contribution in [0.2, 0.25) is 0 Å². The monoisotopic (exact) mass is 241 g/mol. The van der Waals surface area contributed by atoms with Gasteiger partial charge in [0.25, 0.3) is 0 Å². The van der Waals surface area contributed by atoms with Crippen molar-refractivity contribution in [3.05, 3.63) is 0 Å². The fourth-order valence-electron chi connectivity index (χ4n) is 2.73. The van der Waals surface area contributed by atoms with E-state index in [1.165, 1.54) is 32.1 Å². The first-order chi connectivity index (χ1) is 8.06. The van der Waals surface area contributed by atoms with E-state index in [2.05, 4.69) is 19.2 Å². The number of esters is 1. The number of nitrogens with one attached hydrogen (secondary N) is 1. The van der Waals surface area contributed by atoms with Gasteiger partial charge >= 0.3 is 5.97 Å². The van der Waals surface area contributed by atoms with Crippen molar-refractivity contribution in [3.63, 3.8) is 0 Å². The van der Waals surface area contributed by atoms with Crippen LogP contribution in [0.5, 0.6) is 0 Å². The molecule has 0 unspecified atom stereocenters. The van der Waals surface area contributed by atoms with Gasteiger partial charge in [0.2, 0.25) is 0 Å². The summed E-state index contributed by atoms with van der Waals surface area (Å²) in [7, 11) is 0. The fourth-order valence-corrected chi connectivity index (χ4v) is 2.73. The molecule has 1 saturated carbocycles. The second kappa shape index (κ2) is 7.00. The van der Waals surface area contributed by atoms with Crippen molar-refractivity contribution in [2.45, 2.75) is 52.9 Å². The summed E-state index contributed by atoms with van der Waals surface area (Å²) in [5, 5.41) is 3.23. The van der Waals surface area contributed by atoms with E-state index >= 15 is 0 Å². The Hall–Kier alpha value is -0.570. The van der Waals surface area contributed by atoms with Gasteiger partial charge < -0.3 is 10.1 Å². The van der Waals surface area contributed by atoms with Crippen LogP contribution < -0.4 is 5.32 Å². The van der Waals surface area contributed by atoms with Crippen LogP contribution in [0.25, 0.3) is 0 Å². The highest BCUT2D eigenvalue weighted by Gasteiger charge is 2.30. The Bertz CT molecular complexity index is 232. The Morgan fingerprint density at radius 1 is 1.29 bits per heavy atom. The van der Waals surface area contributed by atoms with Crippen LogP contribution in [-0.2, 0) is 9.53 Å². The number of carbonyl (C=O) groups excluding carboxylic acids is 1. The summed E-state index contributed by atoms with van der Waals surface area (Å²) in [6.45, 7) is 8.15. The van der Waals surface area contributed by atoms with E-state index in [1.54, 1.807) is 0 Å². The van der Waals surface area contributed by atoms with E-state index < -0.39 is 0 Å². The third-order valence-corrected chi connectivity index (χ3v) is 3.87. The molecule has 0 spiro atoms. The highest BCUT2D eigenvalue weighted by atomic mass is 16.5. The number of hydrogen-bond donors (Lipinski definition) is 1. The molecule has 0 aromatic rings. The Balaban J connectivity index is 2.25. The number of carbonyl (C=O) groups is 1. The fraction of sp³-hybridized carbons (Fsp3) is 0.929. The van der Waals surface area contributed by atoms with Gasteiger partial charge in [-0.2, -0.15) is 0 Å². The number of ether oxygens (including phenoxy) is 1. The molecule has 1 aliphatic rings. The maximum atomic E-state index is 11.2. The van der Waals surface area contributed by atoms with Crippen molar-refractivity contribution in [3.8, 4) is 0 Å². The molecule has 0 aliphatic heterocycles. The van der Waals surface area contributed by atoms with E-state index in [0.29, 0.717) is 13.2 Å². The molecule has 17 heavy (non-hydrogen) atoms. The molecule has 0 saturated heterocycles. The molecule has 1 fully saturated rings. The molecule has 100 valence electrons. The molecule has 3 nitrogen and oxygen atoms in total. The molecule has 0 aromatic carbocycles. The summed E-state index contributed by atoms with van der Waals surface area (Å²) in [6.07, 6.45) is 6.81. The average Bonchev–Trinajstić information content (AvgIpc) is 2.30. The third kappa shape index (κ3) is 5.07. The molecule has 0 bridgehead atoms. The van der Waals surface area contributed by atoms with Crippen molar-refractivity contribution >= 4 is 5.97 Å².